The molecular formula is C18H21N3O. The zero-order valence-corrected chi connectivity index (χ0v) is 12.7. The zero-order chi connectivity index (χ0) is 14.9. The number of hydrogen-bond acceptors (Lipinski definition) is 2. The number of carbonyl (C=O) groups is 1. The smallest absolute Gasteiger partial charge is 0.223 e. The molecule has 1 saturated carbocycles. The van der Waals surface area contributed by atoms with Gasteiger partial charge in [0.25, 0.3) is 0 Å². The summed E-state index contributed by atoms with van der Waals surface area (Å²) in [4.78, 5) is 12.0. The van der Waals surface area contributed by atoms with Gasteiger partial charge in [-0.15, -0.1) is 0 Å². The molecule has 1 aromatic carbocycles. The maximum Gasteiger partial charge on any atom is 0.223 e. The molecule has 2 aromatic rings. The van der Waals surface area contributed by atoms with Crippen LogP contribution in [0.25, 0.3) is 0 Å². The van der Waals surface area contributed by atoms with Crippen LogP contribution in [0.15, 0.2) is 36.5 Å². The van der Waals surface area contributed by atoms with Crippen LogP contribution in [0.2, 0.25) is 0 Å². The van der Waals surface area contributed by atoms with Crippen LogP contribution in [0, 0.1) is 5.92 Å². The molecule has 4 rings (SSSR count). The number of benzene rings is 1. The third-order valence-electron chi connectivity index (χ3n) is 4.70. The van der Waals surface area contributed by atoms with Crippen molar-refractivity contribution in [2.45, 2.75) is 44.7 Å². The Balaban J connectivity index is 1.54. The Kier molecular flexibility index (Phi) is 3.45. The van der Waals surface area contributed by atoms with Crippen molar-refractivity contribution in [3.05, 3.63) is 53.3 Å². The van der Waals surface area contributed by atoms with Gasteiger partial charge in [0.05, 0.1) is 18.8 Å². The summed E-state index contributed by atoms with van der Waals surface area (Å²) in [6, 6.07) is 10.6. The molecule has 1 N–H and O–H groups in total. The minimum atomic E-state index is 0.154. The summed E-state index contributed by atoms with van der Waals surface area (Å²) in [6.07, 6.45) is 7.26. The van der Waals surface area contributed by atoms with Gasteiger partial charge in [0.15, 0.2) is 0 Å². The van der Waals surface area contributed by atoms with E-state index in [1.165, 1.54) is 16.8 Å². The molecule has 0 saturated heterocycles. The number of nitrogens with one attached hydrogen (secondary N) is 1. The van der Waals surface area contributed by atoms with Gasteiger partial charge >= 0.3 is 0 Å². The highest BCUT2D eigenvalue weighted by atomic mass is 16.2. The summed E-state index contributed by atoms with van der Waals surface area (Å²) in [7, 11) is 0. The first kappa shape index (κ1) is 13.6. The lowest BCUT2D eigenvalue weighted by molar-refractivity contribution is -0.123. The van der Waals surface area contributed by atoms with Crippen LogP contribution in [0.3, 0.4) is 0 Å². The van der Waals surface area contributed by atoms with Crippen molar-refractivity contribution in [1.82, 2.24) is 15.1 Å². The van der Waals surface area contributed by atoms with E-state index in [2.05, 4.69) is 39.4 Å². The summed E-state index contributed by atoms with van der Waals surface area (Å²) < 4.78 is 2.10. The lowest BCUT2D eigenvalue weighted by Gasteiger charge is -2.24. The van der Waals surface area contributed by atoms with Crippen molar-refractivity contribution in [3.8, 4) is 0 Å². The first-order chi connectivity index (χ1) is 10.8. The normalized spacial score (nSPS) is 20.5. The minimum Gasteiger partial charge on any atom is -0.349 e. The van der Waals surface area contributed by atoms with Gasteiger partial charge in [0, 0.05) is 17.2 Å². The molecule has 0 radical (unpaired) electrons. The third kappa shape index (κ3) is 2.65. The molecule has 0 bridgehead atoms. The fourth-order valence-corrected chi connectivity index (χ4v) is 3.30. The van der Waals surface area contributed by atoms with Gasteiger partial charge < -0.3 is 5.32 Å². The molecule has 114 valence electrons. The lowest BCUT2D eigenvalue weighted by atomic mass is 9.92. The van der Waals surface area contributed by atoms with Crippen molar-refractivity contribution in [2.75, 3.05) is 0 Å². The van der Waals surface area contributed by atoms with Gasteiger partial charge in [-0.2, -0.15) is 5.10 Å². The van der Waals surface area contributed by atoms with E-state index in [-0.39, 0.29) is 17.9 Å². The number of carbonyl (C=O) groups excluding carboxylic acids is 1. The molecule has 2 aliphatic rings. The number of nitrogens with zero attached hydrogens (tertiary/aromatic N) is 2. The predicted octanol–water partition coefficient (Wildman–Crippen LogP) is 2.84. The van der Waals surface area contributed by atoms with Crippen molar-refractivity contribution >= 4 is 5.91 Å². The Bertz CT molecular complexity index is 673. The second-order valence-corrected chi connectivity index (χ2v) is 6.42. The Morgan fingerprint density at radius 2 is 2.05 bits per heavy atom. The number of rotatable bonds is 4. The molecule has 1 heterocycles. The Labute approximate surface area is 130 Å². The second-order valence-electron chi connectivity index (χ2n) is 6.42. The van der Waals surface area contributed by atoms with E-state index in [1.807, 2.05) is 12.3 Å². The molecule has 1 unspecified atom stereocenters. The molecule has 1 fully saturated rings. The number of fused-ring (bicyclic) bond motifs is 1. The largest absolute Gasteiger partial charge is 0.349 e. The van der Waals surface area contributed by atoms with Crippen LogP contribution in [-0.2, 0) is 17.8 Å². The van der Waals surface area contributed by atoms with E-state index in [0.717, 1.165) is 38.6 Å². The first-order valence-electron chi connectivity index (χ1n) is 8.20. The molecule has 1 amide bonds. The first-order valence-corrected chi connectivity index (χ1v) is 8.20. The molecule has 1 aromatic heterocycles. The summed E-state index contributed by atoms with van der Waals surface area (Å²) in [5.41, 5.74) is 3.77. The van der Waals surface area contributed by atoms with E-state index in [1.54, 1.807) is 0 Å². The summed E-state index contributed by atoms with van der Waals surface area (Å²) >= 11 is 0. The average Bonchev–Trinajstić information content (AvgIpc) is 3.32. The van der Waals surface area contributed by atoms with E-state index < -0.39 is 0 Å². The Hall–Kier alpha value is -2.10. The number of hydrogen-bond donors (Lipinski definition) is 1. The van der Waals surface area contributed by atoms with E-state index in [4.69, 9.17) is 0 Å². The summed E-state index contributed by atoms with van der Waals surface area (Å²) in [6.45, 7) is 0.805. The van der Waals surface area contributed by atoms with Crippen molar-refractivity contribution in [3.63, 3.8) is 0 Å². The Morgan fingerprint density at radius 1 is 1.23 bits per heavy atom. The average molecular weight is 295 g/mol. The zero-order valence-electron chi connectivity index (χ0n) is 12.7. The van der Waals surface area contributed by atoms with Crippen molar-refractivity contribution < 1.29 is 4.79 Å². The molecule has 0 aliphatic heterocycles. The molecule has 4 heteroatoms. The minimum absolute atomic E-state index is 0.154. The summed E-state index contributed by atoms with van der Waals surface area (Å²) in [5.74, 6) is 0.499. The number of amides is 1. The SMILES string of the molecule is O=C(NC1CCCc2c1cnn2Cc1ccccc1)C1CC1. The van der Waals surface area contributed by atoms with Gasteiger partial charge in [-0.3, -0.25) is 9.48 Å². The molecule has 2 aliphatic carbocycles. The van der Waals surface area contributed by atoms with Crippen LogP contribution >= 0.6 is 0 Å². The van der Waals surface area contributed by atoms with Gasteiger partial charge in [-0.05, 0) is 37.7 Å². The van der Waals surface area contributed by atoms with E-state index in [0.29, 0.717) is 0 Å². The summed E-state index contributed by atoms with van der Waals surface area (Å²) in [5, 5.41) is 7.80. The van der Waals surface area contributed by atoms with Crippen molar-refractivity contribution in [2.24, 2.45) is 5.92 Å². The highest BCUT2D eigenvalue weighted by Gasteiger charge is 2.33. The van der Waals surface area contributed by atoms with Crippen LogP contribution in [0.5, 0.6) is 0 Å². The maximum absolute atomic E-state index is 12.0. The van der Waals surface area contributed by atoms with Crippen LogP contribution in [0.1, 0.15) is 48.5 Å². The van der Waals surface area contributed by atoms with Crippen LogP contribution in [-0.4, -0.2) is 15.7 Å². The lowest BCUT2D eigenvalue weighted by Crippen LogP contribution is -2.32. The quantitative estimate of drug-likeness (QED) is 0.943. The standard InChI is InChI=1S/C18H21N3O/c22-18(14-9-10-14)20-16-7-4-8-17-15(16)11-19-21(17)12-13-5-2-1-3-6-13/h1-3,5-6,11,14,16H,4,7-10,12H2,(H,20,22). The Morgan fingerprint density at radius 3 is 2.82 bits per heavy atom. The molecule has 1 atom stereocenters. The van der Waals surface area contributed by atoms with Gasteiger partial charge in [-0.25, -0.2) is 0 Å². The fraction of sp³-hybridized carbons (Fsp3) is 0.444. The monoisotopic (exact) mass is 295 g/mol. The molecule has 0 spiro atoms. The van der Waals surface area contributed by atoms with Gasteiger partial charge in [0.1, 0.15) is 0 Å². The van der Waals surface area contributed by atoms with Gasteiger partial charge in [-0.1, -0.05) is 30.3 Å². The van der Waals surface area contributed by atoms with E-state index >= 15 is 0 Å². The number of aromatic nitrogens is 2. The molecule has 4 nitrogen and oxygen atoms in total. The van der Waals surface area contributed by atoms with Crippen LogP contribution in [0.4, 0.5) is 0 Å². The molecular weight excluding hydrogens is 274 g/mol. The maximum atomic E-state index is 12.0. The predicted molar refractivity (Wildman–Crippen MR) is 84.3 cm³/mol. The van der Waals surface area contributed by atoms with Gasteiger partial charge in [0.2, 0.25) is 5.91 Å². The highest BCUT2D eigenvalue weighted by molar-refractivity contribution is 5.81. The van der Waals surface area contributed by atoms with Crippen LogP contribution < -0.4 is 5.32 Å². The topological polar surface area (TPSA) is 46.9 Å². The third-order valence-corrected chi connectivity index (χ3v) is 4.70. The van der Waals surface area contributed by atoms with E-state index in [9.17, 15) is 4.79 Å². The highest BCUT2D eigenvalue weighted by Crippen LogP contribution is 2.33. The van der Waals surface area contributed by atoms with Crippen molar-refractivity contribution in [1.29, 1.82) is 0 Å². The molecule has 22 heavy (non-hydrogen) atoms. The second kappa shape index (κ2) is 5.59. The fourth-order valence-electron chi connectivity index (χ4n) is 3.30.